The van der Waals surface area contributed by atoms with Gasteiger partial charge in [-0.05, 0) is 62.9 Å². The molecule has 0 saturated heterocycles. The second-order valence-electron chi connectivity index (χ2n) is 4.72. The third-order valence-electron chi connectivity index (χ3n) is 2.89. The third-order valence-corrected chi connectivity index (χ3v) is 2.89. The van der Waals surface area contributed by atoms with E-state index in [1.807, 2.05) is 6.92 Å². The lowest BCUT2D eigenvalue weighted by atomic mass is 9.93. The molecule has 0 aliphatic heterocycles. The van der Waals surface area contributed by atoms with E-state index >= 15 is 0 Å². The van der Waals surface area contributed by atoms with Crippen molar-refractivity contribution in [1.82, 2.24) is 0 Å². The monoisotopic (exact) mass is 226 g/mol. The maximum Gasteiger partial charge on any atom is -0.0149 e. The third kappa shape index (κ3) is 3.20. The molecular formula is C17H22. The van der Waals surface area contributed by atoms with Crippen molar-refractivity contribution in [3.8, 4) is 0 Å². The summed E-state index contributed by atoms with van der Waals surface area (Å²) < 4.78 is 0. The molecular weight excluding hydrogens is 204 g/mol. The Hall–Kier alpha value is -1.56. The molecule has 0 atom stereocenters. The van der Waals surface area contributed by atoms with Crippen molar-refractivity contribution in [2.45, 2.75) is 34.6 Å². The van der Waals surface area contributed by atoms with Gasteiger partial charge in [-0.1, -0.05) is 42.0 Å². The summed E-state index contributed by atoms with van der Waals surface area (Å²) in [6, 6.07) is 6.55. The highest BCUT2D eigenvalue weighted by Gasteiger charge is 2.05. The van der Waals surface area contributed by atoms with Crippen LogP contribution in [-0.4, -0.2) is 0 Å². The average molecular weight is 226 g/mol. The molecule has 1 rings (SSSR count). The van der Waals surface area contributed by atoms with Crippen molar-refractivity contribution in [2.24, 2.45) is 0 Å². The van der Waals surface area contributed by atoms with E-state index in [0.29, 0.717) is 0 Å². The van der Waals surface area contributed by atoms with E-state index in [1.54, 1.807) is 0 Å². The highest BCUT2D eigenvalue weighted by Crippen LogP contribution is 2.26. The Bertz CT molecular complexity index is 481. The van der Waals surface area contributed by atoms with Crippen LogP contribution in [0.2, 0.25) is 0 Å². The van der Waals surface area contributed by atoms with Crippen LogP contribution in [0.3, 0.4) is 0 Å². The zero-order valence-corrected chi connectivity index (χ0v) is 11.6. The summed E-state index contributed by atoms with van der Waals surface area (Å²) in [6.07, 6.45) is 4.27. The zero-order chi connectivity index (χ0) is 13.0. The van der Waals surface area contributed by atoms with Gasteiger partial charge in [0.1, 0.15) is 0 Å². The molecule has 17 heavy (non-hydrogen) atoms. The van der Waals surface area contributed by atoms with Gasteiger partial charge in [-0.3, -0.25) is 0 Å². The number of allylic oxidation sites excluding steroid dienone is 5. The Morgan fingerprint density at radius 2 is 1.82 bits per heavy atom. The minimum Gasteiger partial charge on any atom is -0.0955 e. The van der Waals surface area contributed by atoms with Gasteiger partial charge in [-0.2, -0.15) is 0 Å². The first-order valence-electron chi connectivity index (χ1n) is 6.04. The van der Waals surface area contributed by atoms with Crippen LogP contribution in [0, 0.1) is 6.92 Å². The molecule has 0 N–H and O–H groups in total. The summed E-state index contributed by atoms with van der Waals surface area (Å²) in [4.78, 5) is 0. The van der Waals surface area contributed by atoms with Gasteiger partial charge in [-0.25, -0.2) is 0 Å². The van der Waals surface area contributed by atoms with Crippen LogP contribution in [0.25, 0.3) is 11.1 Å². The van der Waals surface area contributed by atoms with Crippen LogP contribution < -0.4 is 0 Å². The maximum absolute atomic E-state index is 4.01. The Labute approximate surface area is 105 Å². The van der Waals surface area contributed by atoms with Gasteiger partial charge in [0, 0.05) is 0 Å². The maximum atomic E-state index is 4.01. The van der Waals surface area contributed by atoms with Gasteiger partial charge >= 0.3 is 0 Å². The Morgan fingerprint density at radius 3 is 2.29 bits per heavy atom. The first-order chi connectivity index (χ1) is 7.97. The fraction of sp³-hybridized carbons (Fsp3) is 0.294. The Balaban J connectivity index is 3.43. The first-order valence-corrected chi connectivity index (χ1v) is 6.04. The van der Waals surface area contributed by atoms with Crippen LogP contribution in [0.5, 0.6) is 0 Å². The second kappa shape index (κ2) is 5.67. The van der Waals surface area contributed by atoms with Crippen molar-refractivity contribution >= 4 is 11.1 Å². The molecule has 0 heteroatoms. The van der Waals surface area contributed by atoms with Crippen molar-refractivity contribution < 1.29 is 0 Å². The predicted molar refractivity (Wildman–Crippen MR) is 79.0 cm³/mol. The molecule has 1 aromatic carbocycles. The van der Waals surface area contributed by atoms with E-state index in [1.165, 1.54) is 27.8 Å². The summed E-state index contributed by atoms with van der Waals surface area (Å²) in [5.41, 5.74) is 7.60. The van der Waals surface area contributed by atoms with Crippen molar-refractivity contribution in [1.29, 1.82) is 0 Å². The smallest absolute Gasteiger partial charge is 0.0149 e. The van der Waals surface area contributed by atoms with Gasteiger partial charge in [0.15, 0.2) is 0 Å². The Morgan fingerprint density at radius 1 is 1.18 bits per heavy atom. The number of hydrogen-bond donors (Lipinski definition) is 0. The van der Waals surface area contributed by atoms with Crippen LogP contribution in [0.4, 0.5) is 0 Å². The van der Waals surface area contributed by atoms with E-state index in [-0.39, 0.29) is 0 Å². The van der Waals surface area contributed by atoms with Gasteiger partial charge in [0.2, 0.25) is 0 Å². The number of aryl methyl sites for hydroxylation is 1. The van der Waals surface area contributed by atoms with Gasteiger partial charge in [0.05, 0.1) is 0 Å². The van der Waals surface area contributed by atoms with E-state index in [0.717, 1.165) is 5.57 Å². The minimum absolute atomic E-state index is 1.11. The fourth-order valence-electron chi connectivity index (χ4n) is 1.87. The molecule has 0 bridgehead atoms. The molecule has 0 amide bonds. The van der Waals surface area contributed by atoms with Crippen molar-refractivity contribution in [2.75, 3.05) is 0 Å². The zero-order valence-electron chi connectivity index (χ0n) is 11.6. The Kier molecular flexibility index (Phi) is 4.51. The molecule has 0 unspecified atom stereocenters. The normalized spacial score (nSPS) is 10.6. The molecule has 0 aliphatic carbocycles. The number of rotatable bonds is 3. The van der Waals surface area contributed by atoms with Crippen molar-refractivity contribution in [3.63, 3.8) is 0 Å². The lowest BCUT2D eigenvalue weighted by Gasteiger charge is -2.12. The lowest BCUT2D eigenvalue weighted by molar-refractivity contribution is 1.35. The van der Waals surface area contributed by atoms with Gasteiger partial charge in [0.25, 0.3) is 0 Å². The fourth-order valence-corrected chi connectivity index (χ4v) is 1.87. The molecule has 0 fully saturated rings. The van der Waals surface area contributed by atoms with Crippen LogP contribution in [-0.2, 0) is 0 Å². The van der Waals surface area contributed by atoms with Crippen molar-refractivity contribution in [3.05, 3.63) is 59.2 Å². The predicted octanol–water partition coefficient (Wildman–Crippen LogP) is 5.40. The van der Waals surface area contributed by atoms with E-state index in [4.69, 9.17) is 0 Å². The molecule has 0 radical (unpaired) electrons. The quantitative estimate of drug-likeness (QED) is 0.605. The van der Waals surface area contributed by atoms with Crippen LogP contribution in [0.1, 0.15) is 44.4 Å². The van der Waals surface area contributed by atoms with E-state index in [9.17, 15) is 0 Å². The SMILES string of the molecule is C=C(C)c1ccc(C)c(C(/C=C\C)=C(C)C)c1. The van der Waals surface area contributed by atoms with Crippen LogP contribution >= 0.6 is 0 Å². The molecule has 0 heterocycles. The molecule has 0 spiro atoms. The first kappa shape index (κ1) is 13.5. The molecule has 90 valence electrons. The van der Waals surface area contributed by atoms with E-state index in [2.05, 4.69) is 64.6 Å². The average Bonchev–Trinajstić information content (AvgIpc) is 2.26. The highest BCUT2D eigenvalue weighted by molar-refractivity contribution is 5.80. The summed E-state index contributed by atoms with van der Waals surface area (Å²) in [7, 11) is 0. The molecule has 0 aromatic heterocycles. The second-order valence-corrected chi connectivity index (χ2v) is 4.72. The summed E-state index contributed by atoms with van der Waals surface area (Å²) in [5.74, 6) is 0. The largest absolute Gasteiger partial charge is 0.0955 e. The summed E-state index contributed by atoms with van der Waals surface area (Å²) in [5, 5.41) is 0. The highest BCUT2D eigenvalue weighted by atomic mass is 14.1. The standard InChI is InChI=1S/C17H22/c1-7-8-16(13(4)5)17-11-15(12(2)3)10-9-14(17)6/h7-11H,2H2,1,3-6H3/b8-7-. The van der Waals surface area contributed by atoms with Gasteiger partial charge < -0.3 is 0 Å². The van der Waals surface area contributed by atoms with Gasteiger partial charge in [-0.15, -0.1) is 0 Å². The lowest BCUT2D eigenvalue weighted by Crippen LogP contribution is -1.91. The number of hydrogen-bond acceptors (Lipinski definition) is 0. The number of benzene rings is 1. The molecule has 0 saturated carbocycles. The van der Waals surface area contributed by atoms with E-state index < -0.39 is 0 Å². The topological polar surface area (TPSA) is 0 Å². The summed E-state index contributed by atoms with van der Waals surface area (Å²) >= 11 is 0. The van der Waals surface area contributed by atoms with Crippen LogP contribution in [0.15, 0.2) is 42.5 Å². The summed E-state index contributed by atoms with van der Waals surface area (Å²) in [6.45, 7) is 14.6. The molecule has 1 aromatic rings. The minimum atomic E-state index is 1.11. The molecule has 0 nitrogen and oxygen atoms in total. The molecule has 0 aliphatic rings.